The largest absolute Gasteiger partial charge is 0.464 e. The van der Waals surface area contributed by atoms with Crippen molar-refractivity contribution in [3.63, 3.8) is 0 Å². The van der Waals surface area contributed by atoms with E-state index in [1.54, 1.807) is 12.3 Å². The van der Waals surface area contributed by atoms with Crippen LogP contribution in [0.3, 0.4) is 0 Å². The summed E-state index contributed by atoms with van der Waals surface area (Å²) in [6.45, 7) is 2.64. The summed E-state index contributed by atoms with van der Waals surface area (Å²) in [6, 6.07) is 7.33. The maximum Gasteiger partial charge on any atom is 0.325 e. The van der Waals surface area contributed by atoms with Gasteiger partial charge in [0.15, 0.2) is 0 Å². The van der Waals surface area contributed by atoms with Crippen LogP contribution >= 0.6 is 11.6 Å². The first-order valence-electron chi connectivity index (χ1n) is 6.65. The molecule has 20 heavy (non-hydrogen) atoms. The molecule has 0 aliphatic rings. The van der Waals surface area contributed by atoms with Crippen molar-refractivity contribution in [1.82, 2.24) is 4.98 Å². The fraction of sp³-hybridized carbons (Fsp3) is 0.333. The van der Waals surface area contributed by atoms with E-state index in [-0.39, 0.29) is 12.5 Å². The Labute approximate surface area is 123 Å². The van der Waals surface area contributed by atoms with Crippen molar-refractivity contribution in [1.29, 1.82) is 0 Å². The number of unbranched alkanes of at least 4 members (excludes halogenated alkanes) is 1. The summed E-state index contributed by atoms with van der Waals surface area (Å²) in [4.78, 5) is 15.9. The lowest BCUT2D eigenvalue weighted by atomic mass is 10.2. The van der Waals surface area contributed by atoms with E-state index in [1.807, 2.05) is 18.2 Å². The highest BCUT2D eigenvalue weighted by Gasteiger charge is 2.07. The fourth-order valence-electron chi connectivity index (χ4n) is 1.83. The molecule has 0 radical (unpaired) electrons. The van der Waals surface area contributed by atoms with Gasteiger partial charge in [-0.25, -0.2) is 0 Å². The maximum absolute atomic E-state index is 11.6. The van der Waals surface area contributed by atoms with Crippen molar-refractivity contribution in [2.24, 2.45) is 0 Å². The van der Waals surface area contributed by atoms with Gasteiger partial charge in [0.05, 0.1) is 22.8 Å². The molecule has 1 aromatic heterocycles. The summed E-state index contributed by atoms with van der Waals surface area (Å²) >= 11 is 6.12. The Bertz CT molecular complexity index is 601. The Balaban J connectivity index is 2.03. The molecule has 0 spiro atoms. The number of nitrogens with one attached hydrogen (secondary N) is 1. The quantitative estimate of drug-likeness (QED) is 0.652. The minimum Gasteiger partial charge on any atom is -0.464 e. The fourth-order valence-corrected chi connectivity index (χ4v) is 2.04. The molecule has 0 fully saturated rings. The molecular formula is C15H17ClN2O2. The van der Waals surface area contributed by atoms with Crippen molar-refractivity contribution in [3.8, 4) is 0 Å². The topological polar surface area (TPSA) is 51.2 Å². The van der Waals surface area contributed by atoms with E-state index in [0.717, 1.165) is 29.4 Å². The molecular weight excluding hydrogens is 276 g/mol. The van der Waals surface area contributed by atoms with Crippen LogP contribution in [0.15, 0.2) is 30.5 Å². The third kappa shape index (κ3) is 3.61. The van der Waals surface area contributed by atoms with Gasteiger partial charge in [-0.2, -0.15) is 0 Å². The Morgan fingerprint density at radius 3 is 3.05 bits per heavy atom. The molecule has 0 saturated carbocycles. The molecule has 1 heterocycles. The smallest absolute Gasteiger partial charge is 0.325 e. The number of anilines is 1. The molecule has 106 valence electrons. The first kappa shape index (κ1) is 14.6. The summed E-state index contributed by atoms with van der Waals surface area (Å²) < 4.78 is 5.09. The van der Waals surface area contributed by atoms with E-state index >= 15 is 0 Å². The van der Waals surface area contributed by atoms with Gasteiger partial charge in [-0.1, -0.05) is 24.9 Å². The van der Waals surface area contributed by atoms with Crippen LogP contribution in [0.25, 0.3) is 10.9 Å². The maximum atomic E-state index is 11.6. The third-order valence-electron chi connectivity index (χ3n) is 2.90. The second kappa shape index (κ2) is 7.10. The van der Waals surface area contributed by atoms with Crippen LogP contribution in [0.1, 0.15) is 19.8 Å². The van der Waals surface area contributed by atoms with E-state index in [1.165, 1.54) is 0 Å². The van der Waals surface area contributed by atoms with Crippen LogP contribution in [0.5, 0.6) is 0 Å². The normalized spacial score (nSPS) is 10.5. The second-order valence-corrected chi connectivity index (χ2v) is 4.83. The van der Waals surface area contributed by atoms with Gasteiger partial charge in [0, 0.05) is 11.6 Å². The molecule has 4 nitrogen and oxygen atoms in total. The molecule has 1 N–H and O–H groups in total. The third-order valence-corrected chi connectivity index (χ3v) is 3.23. The summed E-state index contributed by atoms with van der Waals surface area (Å²) in [5, 5.41) is 4.55. The van der Waals surface area contributed by atoms with Crippen LogP contribution in [-0.4, -0.2) is 24.1 Å². The number of carbonyl (C=O) groups is 1. The summed E-state index contributed by atoms with van der Waals surface area (Å²) in [5.41, 5.74) is 1.53. The van der Waals surface area contributed by atoms with Gasteiger partial charge >= 0.3 is 5.97 Å². The number of halogens is 1. The van der Waals surface area contributed by atoms with Crippen LogP contribution in [-0.2, 0) is 9.53 Å². The monoisotopic (exact) mass is 292 g/mol. The van der Waals surface area contributed by atoms with Gasteiger partial charge in [0.25, 0.3) is 0 Å². The van der Waals surface area contributed by atoms with E-state index in [0.29, 0.717) is 11.6 Å². The molecule has 0 bridgehead atoms. The Morgan fingerprint density at radius 1 is 1.40 bits per heavy atom. The molecule has 0 saturated heterocycles. The number of nitrogens with zero attached hydrogens (tertiary/aromatic N) is 1. The van der Waals surface area contributed by atoms with Gasteiger partial charge in [-0.15, -0.1) is 0 Å². The summed E-state index contributed by atoms with van der Waals surface area (Å²) in [5.74, 6) is -0.266. The summed E-state index contributed by atoms with van der Waals surface area (Å²) in [6.07, 6.45) is 3.59. The molecule has 0 amide bonds. The lowest BCUT2D eigenvalue weighted by molar-refractivity contribution is -0.141. The van der Waals surface area contributed by atoms with E-state index in [4.69, 9.17) is 16.3 Å². The number of ether oxygens (including phenoxy) is 1. The standard InChI is InChI=1S/C15H17ClN2O2/c1-2-3-9-20-14(19)10-18-13-7-6-12(16)11-5-4-8-17-15(11)13/h4-8,18H,2-3,9-10H2,1H3. The minimum atomic E-state index is -0.266. The van der Waals surface area contributed by atoms with E-state index < -0.39 is 0 Å². The molecule has 0 unspecified atom stereocenters. The van der Waals surface area contributed by atoms with Crippen molar-refractivity contribution in [2.75, 3.05) is 18.5 Å². The Kier molecular flexibility index (Phi) is 5.18. The highest BCUT2D eigenvalue weighted by molar-refractivity contribution is 6.35. The SMILES string of the molecule is CCCCOC(=O)CNc1ccc(Cl)c2cccnc12. The van der Waals surface area contributed by atoms with Crippen molar-refractivity contribution in [2.45, 2.75) is 19.8 Å². The van der Waals surface area contributed by atoms with Crippen LogP contribution in [0.2, 0.25) is 5.02 Å². The van der Waals surface area contributed by atoms with Gasteiger partial charge in [0.2, 0.25) is 0 Å². The Hall–Kier alpha value is -1.81. The van der Waals surface area contributed by atoms with Gasteiger partial charge < -0.3 is 10.1 Å². The van der Waals surface area contributed by atoms with Crippen LogP contribution in [0.4, 0.5) is 5.69 Å². The second-order valence-electron chi connectivity index (χ2n) is 4.42. The first-order valence-corrected chi connectivity index (χ1v) is 7.03. The van der Waals surface area contributed by atoms with E-state index in [2.05, 4.69) is 17.2 Å². The molecule has 5 heteroatoms. The predicted octanol–water partition coefficient (Wildman–Crippen LogP) is 3.64. The molecule has 0 aliphatic heterocycles. The highest BCUT2D eigenvalue weighted by Crippen LogP contribution is 2.27. The van der Waals surface area contributed by atoms with Crippen LogP contribution < -0.4 is 5.32 Å². The lowest BCUT2D eigenvalue weighted by Crippen LogP contribution is -2.17. The first-order chi connectivity index (χ1) is 9.72. The number of carbonyl (C=O) groups excluding carboxylic acids is 1. The Morgan fingerprint density at radius 2 is 2.25 bits per heavy atom. The number of hydrogen-bond acceptors (Lipinski definition) is 4. The molecule has 1 aromatic carbocycles. The number of fused-ring (bicyclic) bond motifs is 1. The zero-order valence-corrected chi connectivity index (χ0v) is 12.1. The van der Waals surface area contributed by atoms with Crippen molar-refractivity contribution < 1.29 is 9.53 Å². The average molecular weight is 293 g/mol. The van der Waals surface area contributed by atoms with Crippen molar-refractivity contribution >= 4 is 34.2 Å². The lowest BCUT2D eigenvalue weighted by Gasteiger charge is -2.10. The van der Waals surface area contributed by atoms with Gasteiger partial charge in [0.1, 0.15) is 6.54 Å². The summed E-state index contributed by atoms with van der Waals surface area (Å²) in [7, 11) is 0. The van der Waals surface area contributed by atoms with Gasteiger partial charge in [-0.05, 0) is 30.7 Å². The molecule has 0 aliphatic carbocycles. The molecule has 2 rings (SSSR count). The van der Waals surface area contributed by atoms with Gasteiger partial charge in [-0.3, -0.25) is 9.78 Å². The zero-order chi connectivity index (χ0) is 14.4. The highest BCUT2D eigenvalue weighted by atomic mass is 35.5. The number of rotatable bonds is 6. The zero-order valence-electron chi connectivity index (χ0n) is 11.4. The minimum absolute atomic E-state index is 0.122. The average Bonchev–Trinajstić information content (AvgIpc) is 2.47. The number of benzene rings is 1. The van der Waals surface area contributed by atoms with Crippen LogP contribution in [0, 0.1) is 0 Å². The number of aromatic nitrogens is 1. The molecule has 2 aromatic rings. The number of hydrogen-bond donors (Lipinski definition) is 1. The van der Waals surface area contributed by atoms with Crippen molar-refractivity contribution in [3.05, 3.63) is 35.5 Å². The molecule has 0 atom stereocenters. The number of pyridine rings is 1. The number of esters is 1. The predicted molar refractivity (Wildman–Crippen MR) is 81.1 cm³/mol. The van der Waals surface area contributed by atoms with E-state index in [9.17, 15) is 4.79 Å².